The first-order valence-electron chi connectivity index (χ1n) is 9.23. The van der Waals surface area contributed by atoms with Gasteiger partial charge in [0.25, 0.3) is 10.0 Å². The molecule has 1 aromatic carbocycles. The molecule has 0 fully saturated rings. The van der Waals surface area contributed by atoms with E-state index in [0.29, 0.717) is 17.7 Å². The third-order valence-corrected chi connectivity index (χ3v) is 5.65. The molecule has 164 valence electrons. The van der Waals surface area contributed by atoms with Gasteiger partial charge in [0.2, 0.25) is 0 Å². The Morgan fingerprint density at radius 1 is 1.19 bits per heavy atom. The van der Waals surface area contributed by atoms with Crippen LogP contribution in [0.2, 0.25) is 0 Å². The van der Waals surface area contributed by atoms with Gasteiger partial charge in [-0.25, -0.2) is 4.98 Å². The average molecular weight is 451 g/mol. The third-order valence-electron chi connectivity index (χ3n) is 4.34. The monoisotopic (exact) mass is 451 g/mol. The highest BCUT2D eigenvalue weighted by Gasteiger charge is 2.35. The first-order chi connectivity index (χ1) is 14.5. The van der Waals surface area contributed by atoms with Gasteiger partial charge in [0.1, 0.15) is 5.82 Å². The van der Waals surface area contributed by atoms with Crippen LogP contribution in [-0.4, -0.2) is 28.9 Å². The van der Waals surface area contributed by atoms with E-state index in [2.05, 4.69) is 14.4 Å². The van der Waals surface area contributed by atoms with Gasteiger partial charge in [0.15, 0.2) is 5.69 Å². The van der Waals surface area contributed by atoms with Crippen LogP contribution in [0.25, 0.3) is 17.1 Å². The Kier molecular flexibility index (Phi) is 6.16. The maximum Gasteiger partial charge on any atom is 0.434 e. The van der Waals surface area contributed by atoms with Gasteiger partial charge in [-0.3, -0.25) is 9.55 Å². The zero-order valence-corrected chi connectivity index (χ0v) is 17.4. The Morgan fingerprint density at radius 3 is 2.45 bits per heavy atom. The summed E-state index contributed by atoms with van der Waals surface area (Å²) in [5.74, 6) is -0.748. The highest BCUT2D eigenvalue weighted by atomic mass is 32.2. The van der Waals surface area contributed by atoms with Crippen LogP contribution in [0.3, 0.4) is 0 Å². The number of nitrogens with zero attached hydrogens (tertiary/aromatic N) is 4. The van der Waals surface area contributed by atoms with E-state index in [1.165, 1.54) is 35.0 Å². The molecule has 0 radical (unpaired) electrons. The van der Waals surface area contributed by atoms with Crippen molar-refractivity contribution in [2.24, 2.45) is 4.40 Å². The van der Waals surface area contributed by atoms with Gasteiger partial charge in [-0.1, -0.05) is 13.3 Å². The Labute approximate surface area is 177 Å². The van der Waals surface area contributed by atoms with E-state index in [0.717, 1.165) is 6.20 Å². The lowest BCUT2D eigenvalue weighted by Gasteiger charge is -2.11. The molecule has 11 heteroatoms. The van der Waals surface area contributed by atoms with Crippen LogP contribution in [-0.2, 0) is 16.2 Å². The van der Waals surface area contributed by atoms with Gasteiger partial charge < -0.3 is 5.11 Å². The summed E-state index contributed by atoms with van der Waals surface area (Å²) in [4.78, 5) is 7.59. The predicted octanol–water partition coefficient (Wildman–Crippen LogP) is 3.51. The third kappa shape index (κ3) is 4.93. The second-order valence-corrected chi connectivity index (χ2v) is 8.26. The largest absolute Gasteiger partial charge is 0.861 e. The lowest BCUT2D eigenvalue weighted by molar-refractivity contribution is -0.218. The van der Waals surface area contributed by atoms with E-state index in [1.807, 2.05) is 0 Å². The molecule has 0 spiro atoms. The molecular formula is C20H18F3N4O3S-. The standard InChI is InChI=1S/C20H19F3N4O3S/c1-3-5-18(28)26-31(29,30)15-9-7-14(8-10-15)27-12-17(20(21,22)23)25-19(27)16-6-4-11-24-13(16)2/h4,6-12H,3,5H2,1-2H3,(H,26,28)/p-1. The van der Waals surface area contributed by atoms with Crippen molar-refractivity contribution in [2.75, 3.05) is 0 Å². The first kappa shape index (κ1) is 22.5. The van der Waals surface area contributed by atoms with E-state index in [-0.39, 0.29) is 22.8 Å². The summed E-state index contributed by atoms with van der Waals surface area (Å²) in [6, 6.07) is 8.19. The van der Waals surface area contributed by atoms with E-state index >= 15 is 0 Å². The minimum absolute atomic E-state index is 0.000388. The Balaban J connectivity index is 2.08. The van der Waals surface area contributed by atoms with Crippen molar-refractivity contribution in [1.82, 2.24) is 14.5 Å². The maximum absolute atomic E-state index is 13.3. The highest BCUT2D eigenvalue weighted by Crippen LogP contribution is 2.33. The molecule has 0 saturated heterocycles. The van der Waals surface area contributed by atoms with Crippen LogP contribution in [0.5, 0.6) is 0 Å². The topological polar surface area (TPSA) is 100 Å². The first-order valence-corrected chi connectivity index (χ1v) is 10.7. The molecule has 0 bridgehead atoms. The lowest BCUT2D eigenvalue weighted by Crippen LogP contribution is -2.19. The summed E-state index contributed by atoms with van der Waals surface area (Å²) in [6.07, 6.45) is -1.87. The van der Waals surface area contributed by atoms with Crippen LogP contribution in [0.1, 0.15) is 31.2 Å². The predicted molar refractivity (Wildman–Crippen MR) is 106 cm³/mol. The van der Waals surface area contributed by atoms with Gasteiger partial charge in [0, 0.05) is 29.3 Å². The van der Waals surface area contributed by atoms with Crippen LogP contribution >= 0.6 is 0 Å². The normalized spacial score (nSPS) is 12.9. The quantitative estimate of drug-likeness (QED) is 0.422. The molecule has 0 N–H and O–H groups in total. The molecule has 7 nitrogen and oxygen atoms in total. The lowest BCUT2D eigenvalue weighted by atomic mass is 10.2. The number of aryl methyl sites for hydroxylation is 1. The van der Waals surface area contributed by atoms with Crippen molar-refractivity contribution in [2.45, 2.75) is 37.8 Å². The molecule has 0 aliphatic heterocycles. The summed E-state index contributed by atoms with van der Waals surface area (Å²) in [7, 11) is -4.21. The number of imidazole rings is 1. The van der Waals surface area contributed by atoms with Gasteiger partial charge in [0.05, 0.1) is 4.90 Å². The van der Waals surface area contributed by atoms with Gasteiger partial charge in [-0.2, -0.15) is 26.0 Å². The molecular weight excluding hydrogens is 433 g/mol. The Hall–Kier alpha value is -3.21. The summed E-state index contributed by atoms with van der Waals surface area (Å²) < 4.78 is 68.9. The minimum Gasteiger partial charge on any atom is -0.861 e. The molecule has 0 atom stereocenters. The van der Waals surface area contributed by atoms with Crippen molar-refractivity contribution in [3.63, 3.8) is 0 Å². The van der Waals surface area contributed by atoms with Crippen molar-refractivity contribution in [3.8, 4) is 17.1 Å². The number of hydrogen-bond donors (Lipinski definition) is 0. The minimum atomic E-state index is -4.67. The molecule has 2 heterocycles. The second kappa shape index (κ2) is 8.50. The number of hydrogen-bond acceptors (Lipinski definition) is 5. The van der Waals surface area contributed by atoms with Crippen LogP contribution in [0.15, 0.2) is 58.1 Å². The summed E-state index contributed by atoms with van der Waals surface area (Å²) >= 11 is 0. The number of sulfonamides is 1. The van der Waals surface area contributed by atoms with Crippen molar-refractivity contribution in [3.05, 3.63) is 60.2 Å². The molecule has 2 aromatic heterocycles. The Bertz CT molecular complexity index is 1220. The maximum atomic E-state index is 13.3. The van der Waals surface area contributed by atoms with Gasteiger partial charge in [-0.05, 0) is 55.6 Å². The zero-order valence-electron chi connectivity index (χ0n) is 16.6. The zero-order chi connectivity index (χ0) is 22.8. The van der Waals surface area contributed by atoms with E-state index in [1.54, 1.807) is 26.0 Å². The summed E-state index contributed by atoms with van der Waals surface area (Å²) in [5.41, 5.74) is 0.0353. The van der Waals surface area contributed by atoms with Crippen molar-refractivity contribution < 1.29 is 26.7 Å². The van der Waals surface area contributed by atoms with Gasteiger partial charge in [-0.15, -0.1) is 0 Å². The molecule has 0 amide bonds. The molecule has 0 saturated carbocycles. The number of aromatic nitrogens is 3. The number of alkyl halides is 3. The van der Waals surface area contributed by atoms with E-state index in [9.17, 15) is 26.7 Å². The van der Waals surface area contributed by atoms with Crippen LogP contribution < -0.4 is 5.11 Å². The molecule has 3 rings (SSSR count). The number of benzene rings is 1. The van der Waals surface area contributed by atoms with Crippen LogP contribution in [0.4, 0.5) is 13.2 Å². The summed E-state index contributed by atoms with van der Waals surface area (Å²) in [5, 5.41) is 11.6. The van der Waals surface area contributed by atoms with Crippen molar-refractivity contribution >= 4 is 15.9 Å². The second-order valence-electron chi connectivity index (χ2n) is 6.66. The molecule has 31 heavy (non-hydrogen) atoms. The fourth-order valence-electron chi connectivity index (χ4n) is 2.85. The van der Waals surface area contributed by atoms with Gasteiger partial charge >= 0.3 is 6.18 Å². The molecule has 0 unspecified atom stereocenters. The van der Waals surface area contributed by atoms with E-state index < -0.39 is 27.8 Å². The highest BCUT2D eigenvalue weighted by molar-refractivity contribution is 7.90. The van der Waals surface area contributed by atoms with Crippen molar-refractivity contribution in [1.29, 1.82) is 0 Å². The fourth-order valence-corrected chi connectivity index (χ4v) is 3.79. The molecule has 0 aliphatic rings. The van der Waals surface area contributed by atoms with E-state index in [4.69, 9.17) is 0 Å². The average Bonchev–Trinajstić information content (AvgIpc) is 3.14. The number of pyridine rings is 1. The van der Waals surface area contributed by atoms with Crippen LogP contribution in [0, 0.1) is 6.92 Å². The number of halogens is 3. The summed E-state index contributed by atoms with van der Waals surface area (Å²) in [6.45, 7) is 3.36. The smallest absolute Gasteiger partial charge is 0.434 e. The Morgan fingerprint density at radius 2 is 1.87 bits per heavy atom. The SMILES string of the molecule is CCC/C([O-])=N/S(=O)(=O)c1ccc(-n2cc(C(F)(F)F)nc2-c2cccnc2C)cc1. The fraction of sp³-hybridized carbons (Fsp3) is 0.250. The molecule has 3 aromatic rings. The number of rotatable bonds is 6. The molecule has 0 aliphatic carbocycles.